The van der Waals surface area contributed by atoms with Gasteiger partial charge in [0.15, 0.2) is 0 Å². The smallest absolute Gasteiger partial charge is 0.317 e. The first-order chi connectivity index (χ1) is 6.88. The minimum absolute atomic E-state index is 0.328. The number of rotatable bonds is 1. The highest BCUT2D eigenvalue weighted by atomic mass is 16.4. The topological polar surface area (TPSA) is 54.2 Å². The van der Waals surface area contributed by atoms with Crippen molar-refractivity contribution in [1.29, 1.82) is 0 Å². The molecule has 0 radical (unpaired) electrons. The molecule has 0 amide bonds. The lowest BCUT2D eigenvalue weighted by Gasteiger charge is -2.23. The van der Waals surface area contributed by atoms with Crippen LogP contribution in [-0.2, 0) is 0 Å². The van der Waals surface area contributed by atoms with E-state index in [0.717, 1.165) is 19.6 Å². The predicted octanol–water partition coefficient (Wildman–Crippen LogP) is 0.402. The van der Waals surface area contributed by atoms with E-state index in [1.54, 1.807) is 0 Å². The van der Waals surface area contributed by atoms with Gasteiger partial charge in [-0.3, -0.25) is 0 Å². The highest BCUT2D eigenvalue weighted by Gasteiger charge is 2.41. The Bertz CT molecular complexity index is 305. The van der Waals surface area contributed by atoms with Crippen LogP contribution in [-0.4, -0.2) is 35.4 Å². The van der Waals surface area contributed by atoms with Crippen LogP contribution in [0.25, 0.3) is 0 Å². The molecule has 1 atom stereocenters. The average Bonchev–Trinajstić information content (AvgIpc) is 2.91. The van der Waals surface area contributed by atoms with Crippen LogP contribution in [0.3, 0.4) is 0 Å². The molecular weight excluding hydrogens is 180 g/mol. The minimum atomic E-state index is 0.328. The largest absolute Gasteiger partial charge is 0.411 e. The summed E-state index contributed by atoms with van der Waals surface area (Å²) in [4.78, 5) is 2.17. The second kappa shape index (κ2) is 2.95. The van der Waals surface area contributed by atoms with Crippen molar-refractivity contribution in [3.8, 4) is 0 Å². The molecule has 2 aliphatic rings. The molecule has 1 unspecified atom stereocenters. The normalized spacial score (nSPS) is 31.9. The molecule has 0 saturated carbocycles. The maximum absolute atomic E-state index is 5.20. The molecule has 14 heavy (non-hydrogen) atoms. The number of nitrogens with one attached hydrogen (secondary N) is 1. The van der Waals surface area contributed by atoms with Gasteiger partial charge in [-0.2, -0.15) is 0 Å². The van der Waals surface area contributed by atoms with E-state index >= 15 is 0 Å². The molecule has 2 aliphatic heterocycles. The molecule has 0 bridgehead atoms. The Kier molecular flexibility index (Phi) is 1.73. The maximum Gasteiger partial charge on any atom is 0.317 e. The Labute approximate surface area is 82.5 Å². The van der Waals surface area contributed by atoms with Gasteiger partial charge in [-0.25, -0.2) is 0 Å². The fourth-order valence-corrected chi connectivity index (χ4v) is 2.56. The lowest BCUT2D eigenvalue weighted by Crippen LogP contribution is -2.42. The van der Waals surface area contributed by atoms with Gasteiger partial charge in [-0.05, 0) is 25.8 Å². The summed E-state index contributed by atoms with van der Waals surface area (Å²) in [5, 5.41) is 11.2. The second-order valence-corrected chi connectivity index (χ2v) is 4.20. The first-order valence-corrected chi connectivity index (χ1v) is 5.14. The molecular formula is C9H14N4O. The van der Waals surface area contributed by atoms with Crippen LogP contribution in [0.15, 0.2) is 10.8 Å². The molecule has 0 aliphatic carbocycles. The summed E-state index contributed by atoms with van der Waals surface area (Å²) >= 11 is 0. The molecule has 1 spiro atoms. The molecule has 1 aromatic heterocycles. The van der Waals surface area contributed by atoms with Crippen LogP contribution in [0, 0.1) is 0 Å². The number of anilines is 1. The second-order valence-electron chi connectivity index (χ2n) is 4.20. The van der Waals surface area contributed by atoms with Crippen molar-refractivity contribution >= 4 is 6.01 Å². The summed E-state index contributed by atoms with van der Waals surface area (Å²) < 4.78 is 5.20. The molecule has 5 nitrogen and oxygen atoms in total. The van der Waals surface area contributed by atoms with Gasteiger partial charge in [-0.1, -0.05) is 5.10 Å². The zero-order chi connectivity index (χ0) is 9.43. The zero-order valence-corrected chi connectivity index (χ0v) is 8.07. The van der Waals surface area contributed by atoms with Crippen molar-refractivity contribution in [3.05, 3.63) is 6.39 Å². The van der Waals surface area contributed by atoms with Gasteiger partial charge in [0.1, 0.15) is 0 Å². The Morgan fingerprint density at radius 3 is 3.21 bits per heavy atom. The van der Waals surface area contributed by atoms with Crippen LogP contribution in [0.5, 0.6) is 0 Å². The predicted molar refractivity (Wildman–Crippen MR) is 51.1 cm³/mol. The number of aromatic nitrogens is 2. The lowest BCUT2D eigenvalue weighted by molar-refractivity contribution is 0.416. The summed E-state index contributed by atoms with van der Waals surface area (Å²) in [7, 11) is 0. The Morgan fingerprint density at radius 2 is 2.50 bits per heavy atom. The highest BCUT2D eigenvalue weighted by molar-refractivity contribution is 5.29. The van der Waals surface area contributed by atoms with E-state index in [2.05, 4.69) is 20.4 Å². The van der Waals surface area contributed by atoms with E-state index in [1.165, 1.54) is 25.7 Å². The third-order valence-electron chi connectivity index (χ3n) is 3.30. The Morgan fingerprint density at radius 1 is 1.50 bits per heavy atom. The monoisotopic (exact) mass is 194 g/mol. The third kappa shape index (κ3) is 1.19. The van der Waals surface area contributed by atoms with Crippen LogP contribution in [0.4, 0.5) is 6.01 Å². The van der Waals surface area contributed by atoms with Gasteiger partial charge >= 0.3 is 6.01 Å². The van der Waals surface area contributed by atoms with Gasteiger partial charge in [0.2, 0.25) is 6.39 Å². The fraction of sp³-hybridized carbons (Fsp3) is 0.778. The van der Waals surface area contributed by atoms with Gasteiger partial charge < -0.3 is 14.6 Å². The van der Waals surface area contributed by atoms with Crippen LogP contribution in [0.1, 0.15) is 19.3 Å². The standard InChI is InChI=1S/C9H14N4O/c1-2-9(10-4-1)3-5-13(6-9)8-12-11-7-14-8/h7,10H,1-6H2. The Balaban J connectivity index is 1.75. The summed E-state index contributed by atoms with van der Waals surface area (Å²) in [5.41, 5.74) is 0.328. The van der Waals surface area contributed by atoms with E-state index in [1.807, 2.05) is 0 Å². The highest BCUT2D eigenvalue weighted by Crippen LogP contribution is 2.31. The van der Waals surface area contributed by atoms with Gasteiger partial charge in [0, 0.05) is 18.6 Å². The number of nitrogens with zero attached hydrogens (tertiary/aromatic N) is 3. The maximum atomic E-state index is 5.20. The van der Waals surface area contributed by atoms with Crippen molar-refractivity contribution in [2.45, 2.75) is 24.8 Å². The van der Waals surface area contributed by atoms with Gasteiger partial charge in [-0.15, -0.1) is 5.10 Å². The first-order valence-electron chi connectivity index (χ1n) is 5.14. The molecule has 3 rings (SSSR count). The minimum Gasteiger partial charge on any atom is -0.411 e. The van der Waals surface area contributed by atoms with Crippen LogP contribution in [0.2, 0.25) is 0 Å². The molecule has 76 valence electrons. The lowest BCUT2D eigenvalue weighted by atomic mass is 9.97. The third-order valence-corrected chi connectivity index (χ3v) is 3.30. The summed E-state index contributed by atoms with van der Waals surface area (Å²) in [6.45, 7) is 3.18. The molecule has 2 fully saturated rings. The van der Waals surface area contributed by atoms with Crippen molar-refractivity contribution in [2.24, 2.45) is 0 Å². The van der Waals surface area contributed by atoms with Crippen LogP contribution < -0.4 is 10.2 Å². The zero-order valence-electron chi connectivity index (χ0n) is 8.07. The van der Waals surface area contributed by atoms with E-state index < -0.39 is 0 Å². The quantitative estimate of drug-likeness (QED) is 0.701. The summed E-state index contributed by atoms with van der Waals surface area (Å²) in [6, 6.07) is 0.663. The van der Waals surface area contributed by atoms with E-state index in [0.29, 0.717) is 11.6 Å². The molecule has 1 N–H and O–H groups in total. The number of hydrogen-bond donors (Lipinski definition) is 1. The van der Waals surface area contributed by atoms with Crippen molar-refractivity contribution < 1.29 is 4.42 Å². The summed E-state index contributed by atoms with van der Waals surface area (Å²) in [6.07, 6.45) is 5.15. The molecule has 5 heteroatoms. The Hall–Kier alpha value is -1.10. The SMILES string of the molecule is c1nnc(N2CCC3(CCCN3)C2)o1. The van der Waals surface area contributed by atoms with Crippen molar-refractivity contribution in [2.75, 3.05) is 24.5 Å². The molecule has 0 aromatic carbocycles. The van der Waals surface area contributed by atoms with Gasteiger partial charge in [0.25, 0.3) is 0 Å². The van der Waals surface area contributed by atoms with Crippen molar-refractivity contribution in [1.82, 2.24) is 15.5 Å². The van der Waals surface area contributed by atoms with E-state index in [9.17, 15) is 0 Å². The van der Waals surface area contributed by atoms with Crippen molar-refractivity contribution in [3.63, 3.8) is 0 Å². The fourth-order valence-electron chi connectivity index (χ4n) is 2.56. The van der Waals surface area contributed by atoms with Crippen LogP contribution >= 0.6 is 0 Å². The average molecular weight is 194 g/mol. The molecule has 2 saturated heterocycles. The van der Waals surface area contributed by atoms with Gasteiger partial charge in [0.05, 0.1) is 0 Å². The van der Waals surface area contributed by atoms with E-state index in [-0.39, 0.29) is 0 Å². The number of hydrogen-bond acceptors (Lipinski definition) is 5. The first kappa shape index (κ1) is 8.23. The molecule has 1 aromatic rings. The van der Waals surface area contributed by atoms with E-state index in [4.69, 9.17) is 4.42 Å². The molecule has 3 heterocycles. The summed E-state index contributed by atoms with van der Waals surface area (Å²) in [5.74, 6) is 0.